The molecular weight excluding hydrogens is 274 g/mol. The van der Waals surface area contributed by atoms with Crippen molar-refractivity contribution in [1.82, 2.24) is 24.6 Å². The van der Waals surface area contributed by atoms with Gasteiger partial charge in [-0.3, -0.25) is 9.48 Å². The molecule has 0 aromatic carbocycles. The number of hydrogen-bond donors (Lipinski definition) is 2. The van der Waals surface area contributed by atoms with Gasteiger partial charge in [-0.1, -0.05) is 0 Å². The number of hydrogen-bond acceptors (Lipinski definition) is 3. The van der Waals surface area contributed by atoms with E-state index in [-0.39, 0.29) is 11.4 Å². The number of aromatic amines is 1. The predicted molar refractivity (Wildman–Crippen MR) is 81.1 cm³/mol. The van der Waals surface area contributed by atoms with Crippen molar-refractivity contribution in [3.63, 3.8) is 0 Å². The minimum absolute atomic E-state index is 0.0210. The third kappa shape index (κ3) is 2.92. The molecule has 2 aromatic rings. The van der Waals surface area contributed by atoms with Crippen molar-refractivity contribution in [2.45, 2.75) is 46.2 Å². The van der Waals surface area contributed by atoms with Crippen LogP contribution in [-0.2, 0) is 18.4 Å². The van der Waals surface area contributed by atoms with Gasteiger partial charge >= 0.3 is 0 Å². The molecule has 0 radical (unpaired) electrons. The molecule has 0 unspecified atom stereocenters. The smallest absolute Gasteiger partial charge is 0.222 e. The lowest BCUT2D eigenvalue weighted by molar-refractivity contribution is -0.122. The normalized spacial score (nSPS) is 12.1. The third-order valence-electron chi connectivity index (χ3n) is 3.00. The molecule has 1 amide bonds. The van der Waals surface area contributed by atoms with Gasteiger partial charge in [-0.25, -0.2) is 0 Å². The molecule has 2 rings (SSSR count). The molecule has 0 fully saturated rings. The number of imidazole rings is 1. The molecule has 0 saturated heterocycles. The molecule has 20 heavy (non-hydrogen) atoms. The van der Waals surface area contributed by atoms with Crippen LogP contribution in [0.2, 0.25) is 0 Å². The Bertz CT molecular complexity index is 701. The number of aryl methyl sites for hydroxylation is 3. The number of fused-ring (bicyclic) bond motifs is 1. The quantitative estimate of drug-likeness (QED) is 0.852. The van der Waals surface area contributed by atoms with E-state index < -0.39 is 0 Å². The van der Waals surface area contributed by atoms with Crippen LogP contribution in [0.1, 0.15) is 32.9 Å². The van der Waals surface area contributed by atoms with E-state index in [1.54, 1.807) is 4.68 Å². The molecule has 2 heterocycles. The highest BCUT2D eigenvalue weighted by Gasteiger charge is 2.16. The summed E-state index contributed by atoms with van der Waals surface area (Å²) in [5.41, 5.74) is 2.56. The van der Waals surface area contributed by atoms with Crippen LogP contribution in [-0.4, -0.2) is 30.8 Å². The summed E-state index contributed by atoms with van der Waals surface area (Å²) in [5.74, 6) is 0.0210. The maximum absolute atomic E-state index is 11.9. The number of H-pyrrole nitrogens is 1. The van der Waals surface area contributed by atoms with Crippen LogP contribution in [0.15, 0.2) is 0 Å². The summed E-state index contributed by atoms with van der Waals surface area (Å²) in [6.45, 7) is 8.38. The Hall–Kier alpha value is -1.63. The van der Waals surface area contributed by atoms with Gasteiger partial charge in [-0.05, 0) is 39.9 Å². The molecule has 110 valence electrons. The first-order valence-corrected chi connectivity index (χ1v) is 7.03. The summed E-state index contributed by atoms with van der Waals surface area (Å²) in [6.07, 6.45) is 0.392. The SMILES string of the molecule is Cc1nn(C)c2c1[nH]c(=S)n2CCC(=O)NC(C)(C)C. The summed E-state index contributed by atoms with van der Waals surface area (Å²) in [5, 5.41) is 7.31. The number of nitrogens with one attached hydrogen (secondary N) is 2. The lowest BCUT2D eigenvalue weighted by Crippen LogP contribution is -2.40. The van der Waals surface area contributed by atoms with Crippen LogP contribution in [0, 0.1) is 11.7 Å². The molecule has 0 aliphatic carbocycles. The molecule has 0 spiro atoms. The second-order valence-corrected chi connectivity index (χ2v) is 6.42. The van der Waals surface area contributed by atoms with Crippen molar-refractivity contribution in [3.8, 4) is 0 Å². The Kier molecular flexibility index (Phi) is 3.73. The Morgan fingerprint density at radius 1 is 1.45 bits per heavy atom. The Balaban J connectivity index is 2.20. The highest BCUT2D eigenvalue weighted by Crippen LogP contribution is 2.17. The van der Waals surface area contributed by atoms with Crippen LogP contribution < -0.4 is 5.32 Å². The largest absolute Gasteiger partial charge is 0.351 e. The average molecular weight is 295 g/mol. The molecular formula is C13H21N5OS. The topological polar surface area (TPSA) is 67.6 Å². The van der Waals surface area contributed by atoms with Crippen LogP contribution in [0.3, 0.4) is 0 Å². The third-order valence-corrected chi connectivity index (χ3v) is 3.32. The number of carbonyl (C=O) groups excluding carboxylic acids is 1. The van der Waals surface area contributed by atoms with Gasteiger partial charge in [0, 0.05) is 25.6 Å². The molecule has 2 aromatic heterocycles. The lowest BCUT2D eigenvalue weighted by Gasteiger charge is -2.20. The zero-order valence-electron chi connectivity index (χ0n) is 12.6. The fourth-order valence-corrected chi connectivity index (χ4v) is 2.55. The number of carbonyl (C=O) groups is 1. The Morgan fingerprint density at radius 3 is 2.70 bits per heavy atom. The fraction of sp³-hybridized carbons (Fsp3) is 0.615. The minimum Gasteiger partial charge on any atom is -0.351 e. The molecule has 0 aliphatic heterocycles. The minimum atomic E-state index is -0.213. The fourth-order valence-electron chi connectivity index (χ4n) is 2.27. The van der Waals surface area contributed by atoms with Gasteiger partial charge < -0.3 is 14.9 Å². The summed E-state index contributed by atoms with van der Waals surface area (Å²) >= 11 is 5.32. The summed E-state index contributed by atoms with van der Waals surface area (Å²) in [7, 11) is 1.88. The van der Waals surface area contributed by atoms with Gasteiger partial charge in [-0.15, -0.1) is 0 Å². The van der Waals surface area contributed by atoms with E-state index in [1.807, 2.05) is 39.3 Å². The van der Waals surface area contributed by atoms with Crippen molar-refractivity contribution in [2.24, 2.45) is 7.05 Å². The van der Waals surface area contributed by atoms with Crippen LogP contribution >= 0.6 is 12.2 Å². The molecule has 2 N–H and O–H groups in total. The standard InChI is InChI=1S/C13H21N5OS/c1-8-10-11(17(5)16-8)18(12(20)14-10)7-6-9(19)15-13(2,3)4/h6-7H2,1-5H3,(H,14,20)(H,15,19). The van der Waals surface area contributed by atoms with E-state index >= 15 is 0 Å². The summed E-state index contributed by atoms with van der Waals surface area (Å²) in [6, 6.07) is 0. The van der Waals surface area contributed by atoms with Crippen molar-refractivity contribution < 1.29 is 4.79 Å². The first kappa shape index (κ1) is 14.8. The highest BCUT2D eigenvalue weighted by atomic mass is 32.1. The van der Waals surface area contributed by atoms with Gasteiger partial charge in [0.15, 0.2) is 10.4 Å². The van der Waals surface area contributed by atoms with Crippen LogP contribution in [0.25, 0.3) is 11.2 Å². The first-order valence-electron chi connectivity index (χ1n) is 6.62. The predicted octanol–water partition coefficient (Wildman–Crippen LogP) is 2.05. The molecule has 0 bridgehead atoms. The zero-order valence-corrected chi connectivity index (χ0v) is 13.4. The van der Waals surface area contributed by atoms with Crippen molar-refractivity contribution in [3.05, 3.63) is 10.5 Å². The van der Waals surface area contributed by atoms with Crippen LogP contribution in [0.5, 0.6) is 0 Å². The second kappa shape index (κ2) is 5.05. The number of amides is 1. The van der Waals surface area contributed by atoms with E-state index in [0.29, 0.717) is 17.7 Å². The second-order valence-electron chi connectivity index (χ2n) is 6.04. The maximum Gasteiger partial charge on any atom is 0.222 e. The molecule has 0 saturated carbocycles. The summed E-state index contributed by atoms with van der Waals surface area (Å²) < 4.78 is 4.34. The number of nitrogens with zero attached hydrogens (tertiary/aromatic N) is 3. The molecule has 0 aliphatic rings. The number of aromatic nitrogens is 4. The lowest BCUT2D eigenvalue weighted by atomic mass is 10.1. The van der Waals surface area contributed by atoms with Gasteiger partial charge in [0.1, 0.15) is 5.52 Å². The van der Waals surface area contributed by atoms with Crippen molar-refractivity contribution in [2.75, 3.05) is 0 Å². The van der Waals surface area contributed by atoms with E-state index in [0.717, 1.165) is 16.9 Å². The maximum atomic E-state index is 11.9. The van der Waals surface area contributed by atoms with E-state index in [1.165, 1.54) is 0 Å². The molecule has 6 nitrogen and oxygen atoms in total. The van der Waals surface area contributed by atoms with Gasteiger partial charge in [0.2, 0.25) is 5.91 Å². The summed E-state index contributed by atoms with van der Waals surface area (Å²) in [4.78, 5) is 15.1. The zero-order chi connectivity index (χ0) is 15.1. The van der Waals surface area contributed by atoms with Crippen LogP contribution in [0.4, 0.5) is 0 Å². The van der Waals surface area contributed by atoms with Crippen molar-refractivity contribution >= 4 is 29.3 Å². The van der Waals surface area contributed by atoms with Crippen molar-refractivity contribution in [1.29, 1.82) is 0 Å². The van der Waals surface area contributed by atoms with E-state index in [9.17, 15) is 4.79 Å². The van der Waals surface area contributed by atoms with E-state index in [4.69, 9.17) is 12.2 Å². The Morgan fingerprint density at radius 2 is 2.10 bits per heavy atom. The first-order chi connectivity index (χ1) is 9.19. The number of rotatable bonds is 3. The molecule has 0 atom stereocenters. The van der Waals surface area contributed by atoms with Gasteiger partial charge in [0.05, 0.1) is 5.69 Å². The van der Waals surface area contributed by atoms with Gasteiger partial charge in [0.25, 0.3) is 0 Å². The van der Waals surface area contributed by atoms with Gasteiger partial charge in [-0.2, -0.15) is 5.10 Å². The van der Waals surface area contributed by atoms with E-state index in [2.05, 4.69) is 15.4 Å². The molecule has 7 heteroatoms. The Labute approximate surface area is 123 Å². The average Bonchev–Trinajstić information content (AvgIpc) is 2.73. The monoisotopic (exact) mass is 295 g/mol. The highest BCUT2D eigenvalue weighted by molar-refractivity contribution is 7.71.